The molecular weight excluding hydrogens is 345 g/mol. The predicted molar refractivity (Wildman–Crippen MR) is 68.3 cm³/mol. The molecule has 0 heterocycles. The van der Waals surface area contributed by atoms with Crippen molar-refractivity contribution in [2.45, 2.75) is 6.36 Å². The van der Waals surface area contributed by atoms with E-state index >= 15 is 0 Å². The highest BCUT2D eigenvalue weighted by Crippen LogP contribution is 2.26. The summed E-state index contributed by atoms with van der Waals surface area (Å²) in [6, 6.07) is 4.67. The van der Waals surface area contributed by atoms with Crippen LogP contribution in [0.1, 0.15) is 5.56 Å². The van der Waals surface area contributed by atoms with Crippen LogP contribution in [0.3, 0.4) is 0 Å². The van der Waals surface area contributed by atoms with Gasteiger partial charge < -0.3 is 9.84 Å². The van der Waals surface area contributed by atoms with E-state index < -0.39 is 18.9 Å². The molecule has 1 rings (SSSR count). The van der Waals surface area contributed by atoms with Gasteiger partial charge in [0.2, 0.25) is 0 Å². The molecule has 0 aliphatic heterocycles. The van der Waals surface area contributed by atoms with Crippen molar-refractivity contribution in [2.24, 2.45) is 0 Å². The van der Waals surface area contributed by atoms with Crippen LogP contribution in [-0.2, 0) is 9.53 Å². The lowest BCUT2D eigenvalue weighted by Crippen LogP contribution is -2.18. The first-order chi connectivity index (χ1) is 9.28. The molecule has 1 aromatic carbocycles. The summed E-state index contributed by atoms with van der Waals surface area (Å²) in [4.78, 5) is 10.4. The normalized spacial score (nSPS) is 11.8. The molecular formula is C12H10BrF3O4. The van der Waals surface area contributed by atoms with E-state index in [2.05, 4.69) is 20.7 Å². The molecule has 0 amide bonds. The van der Waals surface area contributed by atoms with Gasteiger partial charge in [-0.1, -0.05) is 6.07 Å². The van der Waals surface area contributed by atoms with Crippen molar-refractivity contribution in [3.63, 3.8) is 0 Å². The Hall–Kier alpha value is -1.54. The molecule has 0 radical (unpaired) electrons. The highest BCUT2D eigenvalue weighted by atomic mass is 79.9. The fraction of sp³-hybridized carbons (Fsp3) is 0.250. The molecule has 0 spiro atoms. The molecule has 4 nitrogen and oxygen atoms in total. The molecule has 110 valence electrons. The van der Waals surface area contributed by atoms with E-state index in [0.717, 1.165) is 6.08 Å². The van der Waals surface area contributed by atoms with E-state index in [9.17, 15) is 18.0 Å². The number of alkyl halides is 3. The average Bonchev–Trinajstić information content (AvgIpc) is 2.32. The highest BCUT2D eigenvalue weighted by molar-refractivity contribution is 9.10. The maximum Gasteiger partial charge on any atom is 0.522 e. The number of hydrogen-bond donors (Lipinski definition) is 1. The lowest BCUT2D eigenvalue weighted by atomic mass is 10.2. The number of ether oxygens (including phenoxy) is 2. The van der Waals surface area contributed by atoms with E-state index in [1.165, 1.54) is 12.1 Å². The molecule has 1 aromatic rings. The van der Waals surface area contributed by atoms with Crippen LogP contribution in [0.15, 0.2) is 28.7 Å². The van der Waals surface area contributed by atoms with E-state index in [4.69, 9.17) is 9.84 Å². The number of halogens is 4. The fourth-order valence-electron chi connectivity index (χ4n) is 1.21. The third kappa shape index (κ3) is 6.58. The van der Waals surface area contributed by atoms with Gasteiger partial charge in [-0.3, -0.25) is 4.74 Å². The van der Waals surface area contributed by atoms with E-state index in [1.54, 1.807) is 12.1 Å². The molecule has 8 heteroatoms. The van der Waals surface area contributed by atoms with E-state index in [0.29, 0.717) is 15.8 Å². The van der Waals surface area contributed by atoms with Gasteiger partial charge in [0.05, 0.1) is 11.1 Å². The zero-order valence-electron chi connectivity index (χ0n) is 9.98. The van der Waals surface area contributed by atoms with Crippen molar-refractivity contribution in [1.29, 1.82) is 0 Å². The van der Waals surface area contributed by atoms with Crippen molar-refractivity contribution in [3.8, 4) is 5.75 Å². The molecule has 0 bridgehead atoms. The number of carboxylic acids is 1. The smallest absolute Gasteiger partial charge is 0.490 e. The molecule has 0 fully saturated rings. The maximum absolute atomic E-state index is 11.7. The summed E-state index contributed by atoms with van der Waals surface area (Å²) in [5.41, 5.74) is 0.609. The first kappa shape index (κ1) is 16.5. The Morgan fingerprint density at radius 1 is 1.35 bits per heavy atom. The second-order valence-electron chi connectivity index (χ2n) is 3.50. The van der Waals surface area contributed by atoms with Crippen molar-refractivity contribution in [1.82, 2.24) is 0 Å². The van der Waals surface area contributed by atoms with Crippen LogP contribution in [-0.4, -0.2) is 30.7 Å². The molecule has 0 atom stereocenters. The fourth-order valence-corrected chi connectivity index (χ4v) is 1.73. The van der Waals surface area contributed by atoms with Crippen molar-refractivity contribution in [3.05, 3.63) is 34.3 Å². The van der Waals surface area contributed by atoms with Gasteiger partial charge in [-0.15, -0.1) is 13.2 Å². The lowest BCUT2D eigenvalue weighted by molar-refractivity contribution is -0.325. The quantitative estimate of drug-likeness (QED) is 0.627. The Bertz CT molecular complexity index is 500. The number of carbonyl (C=O) groups is 1. The Morgan fingerprint density at radius 3 is 2.60 bits per heavy atom. The minimum absolute atomic E-state index is 0.261. The average molecular weight is 355 g/mol. The first-order valence-corrected chi connectivity index (χ1v) is 6.11. The third-order valence-electron chi connectivity index (χ3n) is 1.98. The summed E-state index contributed by atoms with van der Waals surface area (Å²) >= 11 is 3.18. The molecule has 0 unspecified atom stereocenters. The van der Waals surface area contributed by atoms with Gasteiger partial charge in [0.1, 0.15) is 12.4 Å². The van der Waals surface area contributed by atoms with Crippen LogP contribution in [0.2, 0.25) is 0 Å². The van der Waals surface area contributed by atoms with E-state index in [-0.39, 0.29) is 6.61 Å². The monoisotopic (exact) mass is 354 g/mol. The summed E-state index contributed by atoms with van der Waals surface area (Å²) in [7, 11) is 0. The zero-order valence-corrected chi connectivity index (χ0v) is 11.6. The second-order valence-corrected chi connectivity index (χ2v) is 4.36. The van der Waals surface area contributed by atoms with Gasteiger partial charge in [0, 0.05) is 6.08 Å². The van der Waals surface area contributed by atoms with Gasteiger partial charge in [0.15, 0.2) is 0 Å². The van der Waals surface area contributed by atoms with Gasteiger partial charge in [-0.05, 0) is 39.7 Å². The molecule has 1 N–H and O–H groups in total. The zero-order chi connectivity index (χ0) is 15.2. The summed E-state index contributed by atoms with van der Waals surface area (Å²) in [5.74, 6) is -0.742. The standard InChI is InChI=1S/C12H10BrF3O4/c13-9-7-8(2-4-11(17)18)1-3-10(9)19-5-6-20-12(14,15)16/h1-4,7H,5-6H2,(H,17,18). The van der Waals surface area contributed by atoms with Gasteiger partial charge in [-0.2, -0.15) is 0 Å². The molecule has 0 saturated carbocycles. The minimum atomic E-state index is -4.67. The highest BCUT2D eigenvalue weighted by Gasteiger charge is 2.28. The maximum atomic E-state index is 11.7. The number of carboxylic acid groups (broad SMARTS) is 1. The molecule has 0 saturated heterocycles. The van der Waals surface area contributed by atoms with Crippen LogP contribution in [0.4, 0.5) is 13.2 Å². The van der Waals surface area contributed by atoms with Crippen LogP contribution < -0.4 is 4.74 Å². The minimum Gasteiger partial charge on any atom is -0.490 e. The number of aliphatic carboxylic acids is 1. The van der Waals surface area contributed by atoms with Crippen LogP contribution in [0.25, 0.3) is 6.08 Å². The second kappa shape index (κ2) is 7.30. The van der Waals surface area contributed by atoms with Crippen molar-refractivity contribution < 1.29 is 32.5 Å². The largest absolute Gasteiger partial charge is 0.522 e. The Balaban J connectivity index is 2.54. The molecule has 20 heavy (non-hydrogen) atoms. The number of hydrogen-bond acceptors (Lipinski definition) is 3. The Kier molecular flexibility index (Phi) is 6.03. The Morgan fingerprint density at radius 2 is 2.05 bits per heavy atom. The van der Waals surface area contributed by atoms with Crippen molar-refractivity contribution in [2.75, 3.05) is 13.2 Å². The topological polar surface area (TPSA) is 55.8 Å². The van der Waals surface area contributed by atoms with E-state index in [1.807, 2.05) is 0 Å². The van der Waals surface area contributed by atoms with Gasteiger partial charge in [-0.25, -0.2) is 4.79 Å². The molecule has 0 aliphatic rings. The molecule has 0 aromatic heterocycles. The predicted octanol–water partition coefficient (Wildman–Crippen LogP) is 3.46. The SMILES string of the molecule is O=C(O)C=Cc1ccc(OCCOC(F)(F)F)c(Br)c1. The summed E-state index contributed by atoms with van der Waals surface area (Å²) < 4.78 is 44.3. The summed E-state index contributed by atoms with van der Waals surface area (Å²) in [5, 5.41) is 8.48. The number of rotatable bonds is 6. The molecule has 0 aliphatic carbocycles. The summed E-state index contributed by atoms with van der Waals surface area (Å²) in [6.45, 7) is -0.876. The first-order valence-electron chi connectivity index (χ1n) is 5.32. The third-order valence-corrected chi connectivity index (χ3v) is 2.60. The lowest BCUT2D eigenvalue weighted by Gasteiger charge is -2.10. The Labute approximate surface area is 120 Å². The van der Waals surface area contributed by atoms with Crippen molar-refractivity contribution >= 4 is 28.0 Å². The van der Waals surface area contributed by atoms with Crippen LogP contribution >= 0.6 is 15.9 Å². The van der Waals surface area contributed by atoms with Gasteiger partial charge >= 0.3 is 12.3 Å². The van der Waals surface area contributed by atoms with Crippen LogP contribution in [0.5, 0.6) is 5.75 Å². The van der Waals surface area contributed by atoms with Gasteiger partial charge in [0.25, 0.3) is 0 Å². The summed E-state index contributed by atoms with van der Waals surface area (Å²) in [6.07, 6.45) is -2.32. The van der Waals surface area contributed by atoms with Crippen LogP contribution in [0, 0.1) is 0 Å². The number of benzene rings is 1.